The summed E-state index contributed by atoms with van der Waals surface area (Å²) in [5.74, 6) is -4.86. The summed E-state index contributed by atoms with van der Waals surface area (Å²) in [6.07, 6.45) is 0. The van der Waals surface area contributed by atoms with Crippen LogP contribution in [0.2, 0.25) is 0 Å². The van der Waals surface area contributed by atoms with E-state index in [1.54, 1.807) is 0 Å². The van der Waals surface area contributed by atoms with Crippen LogP contribution in [0.4, 0.5) is 0 Å². The molecule has 4 nitrogen and oxygen atoms in total. The van der Waals surface area contributed by atoms with Gasteiger partial charge in [0.05, 0.1) is 23.7 Å². The largest absolute Gasteiger partial charge is 0.350 e. The van der Waals surface area contributed by atoms with Crippen molar-refractivity contribution in [1.29, 1.82) is 0 Å². The average molecular weight is 372 g/mol. The molecule has 5 fully saturated rings. The molecule has 0 heterocycles. The van der Waals surface area contributed by atoms with E-state index in [9.17, 15) is 9.59 Å². The number of ketones is 2. The van der Waals surface area contributed by atoms with Gasteiger partial charge in [0.25, 0.3) is 0 Å². The molecule has 5 aliphatic rings. The van der Waals surface area contributed by atoms with E-state index in [2.05, 4.69) is 0 Å². The van der Waals surface area contributed by atoms with Crippen molar-refractivity contribution in [2.24, 2.45) is 23.7 Å². The summed E-state index contributed by atoms with van der Waals surface area (Å²) in [5.41, 5.74) is 0. The highest BCUT2D eigenvalue weighted by Gasteiger charge is 3.12. The van der Waals surface area contributed by atoms with Gasteiger partial charge in [0.1, 0.15) is 31.1 Å². The van der Waals surface area contributed by atoms with Gasteiger partial charge < -0.3 is 9.47 Å². The highest BCUT2D eigenvalue weighted by Crippen LogP contribution is 2.95. The Morgan fingerprint density at radius 1 is 0.714 bits per heavy atom. The minimum Gasteiger partial charge on any atom is -0.350 e. The zero-order chi connectivity index (χ0) is 15.4. The molecule has 0 radical (unpaired) electrons. The molecule has 0 aliphatic heterocycles. The van der Waals surface area contributed by atoms with E-state index in [-0.39, 0.29) is 11.6 Å². The van der Waals surface area contributed by atoms with Crippen LogP contribution in [0, 0.1) is 23.7 Å². The molecule has 0 saturated heterocycles. The van der Waals surface area contributed by atoms with E-state index < -0.39 is 49.0 Å². The third-order valence-corrected chi connectivity index (χ3v) is 10.2. The summed E-state index contributed by atoms with van der Waals surface area (Å²) >= 11 is 27.4. The molecule has 2 bridgehead atoms. The van der Waals surface area contributed by atoms with Gasteiger partial charge in [0, 0.05) is 14.2 Å². The van der Waals surface area contributed by atoms with Crippen molar-refractivity contribution in [3.05, 3.63) is 0 Å². The Bertz CT molecular complexity index is 613. The standard InChI is InChI=1S/C13H10Cl4O4/c1-20-13(21-2)11(16)5-6-8(19)4-3(7(5)18)9(11,14)10(4,15)12(6,13)17/h3-6H,1-2H3/t3-,4+,5-,6+,9+,10-,11-,12-/m1/s1. The number of rotatable bonds is 2. The van der Waals surface area contributed by atoms with Gasteiger partial charge in [-0.15, -0.1) is 46.4 Å². The number of carbonyl (C=O) groups excluding carboxylic acids is 2. The predicted octanol–water partition coefficient (Wildman–Crippen LogP) is 1.56. The van der Waals surface area contributed by atoms with Crippen LogP contribution in [-0.2, 0) is 19.1 Å². The summed E-state index contributed by atoms with van der Waals surface area (Å²) in [6.45, 7) is 0. The topological polar surface area (TPSA) is 52.6 Å². The monoisotopic (exact) mass is 370 g/mol. The molecule has 8 heteroatoms. The summed E-state index contributed by atoms with van der Waals surface area (Å²) < 4.78 is 11.2. The second-order valence-electron chi connectivity index (χ2n) is 6.59. The molecule has 0 aromatic rings. The van der Waals surface area contributed by atoms with Gasteiger partial charge in [-0.25, -0.2) is 0 Å². The molecule has 0 aromatic carbocycles. The Kier molecular flexibility index (Phi) is 1.99. The van der Waals surface area contributed by atoms with Gasteiger partial charge >= 0.3 is 0 Å². The van der Waals surface area contributed by atoms with Crippen LogP contribution in [0.5, 0.6) is 0 Å². The first-order valence-electron chi connectivity index (χ1n) is 6.61. The summed E-state index contributed by atoms with van der Waals surface area (Å²) in [4.78, 5) is 19.9. The molecule has 114 valence electrons. The third-order valence-electron chi connectivity index (χ3n) is 6.73. The van der Waals surface area contributed by atoms with Crippen LogP contribution in [0.3, 0.4) is 0 Å². The number of hydrogen-bond donors (Lipinski definition) is 0. The quantitative estimate of drug-likeness (QED) is 0.546. The summed E-state index contributed by atoms with van der Waals surface area (Å²) in [6, 6.07) is 0. The predicted molar refractivity (Wildman–Crippen MR) is 75.1 cm³/mol. The summed E-state index contributed by atoms with van der Waals surface area (Å²) in [7, 11) is 2.77. The van der Waals surface area contributed by atoms with E-state index in [1.165, 1.54) is 14.2 Å². The first-order valence-corrected chi connectivity index (χ1v) is 8.13. The molecular weight excluding hydrogens is 362 g/mol. The zero-order valence-electron chi connectivity index (χ0n) is 11.0. The molecule has 0 unspecified atom stereocenters. The van der Waals surface area contributed by atoms with Crippen LogP contribution >= 0.6 is 46.4 Å². The Morgan fingerprint density at radius 3 is 1.29 bits per heavy atom. The summed E-state index contributed by atoms with van der Waals surface area (Å²) in [5, 5.41) is 0. The molecule has 0 amide bonds. The van der Waals surface area contributed by atoms with Crippen molar-refractivity contribution < 1.29 is 19.1 Å². The SMILES string of the molecule is COC1(OC)[C@@]2(Cl)[C@@H]3C(=O)[C@@H]4[C@@H]5C(=O)[C@@H]3[C@@]1(Cl)[C@@]5(Cl)[C@]42Cl. The fourth-order valence-corrected chi connectivity index (χ4v) is 9.60. The minimum absolute atomic E-state index is 0.135. The number of fused-ring (bicyclic) bond motifs is 2. The number of ether oxygens (including phenoxy) is 2. The Hall–Kier alpha value is 0.420. The van der Waals surface area contributed by atoms with Crippen molar-refractivity contribution in [2.45, 2.75) is 25.3 Å². The number of Topliss-reactive ketones (excluding diaryl/α,β-unsaturated/α-hetero) is 2. The van der Waals surface area contributed by atoms with Gasteiger partial charge in [-0.05, 0) is 0 Å². The Labute approximate surface area is 140 Å². The van der Waals surface area contributed by atoms with E-state index in [1.807, 2.05) is 0 Å². The van der Waals surface area contributed by atoms with Gasteiger partial charge in [0.15, 0.2) is 0 Å². The van der Waals surface area contributed by atoms with Crippen LogP contribution < -0.4 is 0 Å². The van der Waals surface area contributed by atoms with E-state index in [0.717, 1.165) is 0 Å². The van der Waals surface area contributed by atoms with Crippen LogP contribution in [0.1, 0.15) is 0 Å². The van der Waals surface area contributed by atoms with Crippen molar-refractivity contribution in [3.8, 4) is 0 Å². The molecule has 0 spiro atoms. The Morgan fingerprint density at radius 2 is 1.00 bits per heavy atom. The Balaban J connectivity index is 1.99. The average Bonchev–Trinajstić information content (AvgIpc) is 2.73. The number of methoxy groups -OCH3 is 2. The number of hydrogen-bond acceptors (Lipinski definition) is 4. The smallest absolute Gasteiger partial charge is 0.211 e. The minimum atomic E-state index is -1.58. The highest BCUT2D eigenvalue weighted by atomic mass is 35.5. The number of halogens is 4. The van der Waals surface area contributed by atoms with Crippen molar-refractivity contribution in [2.75, 3.05) is 14.2 Å². The third kappa shape index (κ3) is 0.701. The molecule has 5 saturated carbocycles. The lowest BCUT2D eigenvalue weighted by atomic mass is 9.57. The van der Waals surface area contributed by atoms with Crippen molar-refractivity contribution in [3.63, 3.8) is 0 Å². The first kappa shape index (κ1) is 13.8. The maximum atomic E-state index is 12.7. The van der Waals surface area contributed by atoms with E-state index >= 15 is 0 Å². The maximum Gasteiger partial charge on any atom is 0.211 e. The lowest BCUT2D eigenvalue weighted by molar-refractivity contribution is -0.224. The molecule has 21 heavy (non-hydrogen) atoms. The number of carbonyl (C=O) groups is 2. The molecule has 0 N–H and O–H groups in total. The van der Waals surface area contributed by atoms with Gasteiger partial charge in [-0.2, -0.15) is 0 Å². The van der Waals surface area contributed by atoms with E-state index in [0.29, 0.717) is 0 Å². The van der Waals surface area contributed by atoms with Gasteiger partial charge in [-0.3, -0.25) is 9.59 Å². The molecule has 8 atom stereocenters. The molecular formula is C13H10Cl4O4. The lowest BCUT2D eigenvalue weighted by Gasteiger charge is -2.57. The van der Waals surface area contributed by atoms with Gasteiger partial charge in [0.2, 0.25) is 5.79 Å². The fourth-order valence-electron chi connectivity index (χ4n) is 6.37. The second-order valence-corrected chi connectivity index (χ2v) is 8.97. The van der Waals surface area contributed by atoms with Crippen LogP contribution in [0.15, 0.2) is 0 Å². The van der Waals surface area contributed by atoms with Crippen LogP contribution in [-0.4, -0.2) is 51.1 Å². The normalized spacial score (nSPS) is 67.3. The number of alkyl halides is 4. The molecule has 5 aliphatic carbocycles. The molecule has 0 aromatic heterocycles. The highest BCUT2D eigenvalue weighted by molar-refractivity contribution is 6.56. The lowest BCUT2D eigenvalue weighted by Crippen LogP contribution is -2.73. The van der Waals surface area contributed by atoms with Crippen molar-refractivity contribution >= 4 is 58.0 Å². The maximum absolute atomic E-state index is 12.7. The second kappa shape index (κ2) is 3.03. The fraction of sp³-hybridized carbons (Fsp3) is 0.846. The van der Waals surface area contributed by atoms with Crippen molar-refractivity contribution in [1.82, 2.24) is 0 Å². The van der Waals surface area contributed by atoms with Crippen LogP contribution in [0.25, 0.3) is 0 Å². The zero-order valence-corrected chi connectivity index (χ0v) is 14.0. The van der Waals surface area contributed by atoms with E-state index in [4.69, 9.17) is 55.9 Å². The molecule has 5 rings (SSSR count). The first-order chi connectivity index (χ1) is 9.68. The van der Waals surface area contributed by atoms with Gasteiger partial charge in [-0.1, -0.05) is 0 Å².